The standard InChI is InChI=1S/C39H49N2/c1-5-38(3)35-23-15-14-22-32(35)37-40(24-25-41(37)39(38,4)6-2)36-33(29-18-10-11-19-29)26-31(28-16-8-7-9-17-28)27-34(36)30-20-12-13-21-30/h7-9,14-17,22-23,26-27,29-30H,5-6,10-13,18-21,24-25H2,1-4H3/q+1. The van der Waals surface area contributed by atoms with E-state index < -0.39 is 0 Å². The summed E-state index contributed by atoms with van der Waals surface area (Å²) in [6, 6.07) is 25.9. The minimum absolute atomic E-state index is 0.0885. The van der Waals surface area contributed by atoms with E-state index in [-0.39, 0.29) is 11.0 Å². The highest BCUT2D eigenvalue weighted by Gasteiger charge is 2.58. The van der Waals surface area contributed by atoms with Gasteiger partial charge in [0.2, 0.25) is 0 Å². The molecule has 7 rings (SSSR count). The smallest absolute Gasteiger partial charge is 0.251 e. The molecule has 2 unspecified atom stereocenters. The normalized spacial score (nSPS) is 26.6. The lowest BCUT2D eigenvalue weighted by molar-refractivity contribution is -0.612. The minimum atomic E-state index is 0.0885. The second kappa shape index (κ2) is 10.4. The number of rotatable bonds is 6. The minimum Gasteiger partial charge on any atom is -0.251 e. The Morgan fingerprint density at radius 1 is 0.732 bits per heavy atom. The van der Waals surface area contributed by atoms with Crippen molar-refractivity contribution in [2.75, 3.05) is 18.0 Å². The van der Waals surface area contributed by atoms with Crippen LogP contribution in [0.15, 0.2) is 66.7 Å². The SMILES string of the molecule is CCC1(C)c2ccccc2C2=[N+](CCN2c2c(C3CCCC3)cc(-c3ccccc3)cc2C2CCCC2)C1(C)CC. The fourth-order valence-electron chi connectivity index (χ4n) is 9.33. The Labute approximate surface area is 248 Å². The molecule has 2 heterocycles. The third kappa shape index (κ3) is 4.07. The van der Waals surface area contributed by atoms with Crippen LogP contribution < -0.4 is 4.90 Å². The molecule has 0 aromatic heterocycles. The maximum absolute atomic E-state index is 2.85. The summed E-state index contributed by atoms with van der Waals surface area (Å²) in [4.78, 5) is 2.83. The first-order valence-electron chi connectivity index (χ1n) is 16.8. The van der Waals surface area contributed by atoms with Crippen LogP contribution in [0.3, 0.4) is 0 Å². The van der Waals surface area contributed by atoms with Crippen molar-refractivity contribution >= 4 is 11.5 Å². The Bertz CT molecular complexity index is 1420. The molecule has 0 N–H and O–H groups in total. The topological polar surface area (TPSA) is 6.25 Å². The quantitative estimate of drug-likeness (QED) is 0.279. The van der Waals surface area contributed by atoms with E-state index in [1.54, 1.807) is 22.4 Å². The van der Waals surface area contributed by atoms with Gasteiger partial charge in [0, 0.05) is 16.5 Å². The van der Waals surface area contributed by atoms with E-state index >= 15 is 0 Å². The summed E-state index contributed by atoms with van der Waals surface area (Å²) in [6.07, 6.45) is 13.1. The van der Waals surface area contributed by atoms with Crippen LogP contribution in [0.2, 0.25) is 0 Å². The van der Waals surface area contributed by atoms with Crippen molar-refractivity contribution in [1.82, 2.24) is 0 Å². The molecule has 3 aromatic carbocycles. The summed E-state index contributed by atoms with van der Waals surface area (Å²) in [7, 11) is 0. The summed E-state index contributed by atoms with van der Waals surface area (Å²) in [5.41, 5.74) is 10.9. The molecule has 2 nitrogen and oxygen atoms in total. The molecule has 0 amide bonds. The van der Waals surface area contributed by atoms with Crippen molar-refractivity contribution in [3.05, 3.63) is 89.0 Å². The van der Waals surface area contributed by atoms with Gasteiger partial charge >= 0.3 is 0 Å². The number of amidine groups is 1. The van der Waals surface area contributed by atoms with Crippen molar-refractivity contribution in [2.24, 2.45) is 0 Å². The highest BCUT2D eigenvalue weighted by Crippen LogP contribution is 2.52. The number of fused-ring (bicyclic) bond motifs is 2. The largest absolute Gasteiger partial charge is 0.285 e. The molecule has 0 radical (unpaired) electrons. The van der Waals surface area contributed by atoms with Gasteiger partial charge in [-0.15, -0.1) is 0 Å². The highest BCUT2D eigenvalue weighted by atomic mass is 15.3. The molecule has 4 aliphatic rings. The average Bonchev–Trinajstić information content (AvgIpc) is 3.82. The Hall–Kier alpha value is -2.87. The van der Waals surface area contributed by atoms with Crippen molar-refractivity contribution in [3.63, 3.8) is 0 Å². The maximum Gasteiger partial charge on any atom is 0.285 e. The van der Waals surface area contributed by atoms with E-state index in [1.165, 1.54) is 73.9 Å². The third-order valence-electron chi connectivity index (χ3n) is 12.1. The van der Waals surface area contributed by atoms with E-state index in [1.807, 2.05) is 0 Å². The van der Waals surface area contributed by atoms with Crippen molar-refractivity contribution in [3.8, 4) is 11.1 Å². The second-order valence-corrected chi connectivity index (χ2v) is 13.8. The van der Waals surface area contributed by atoms with Crippen LogP contribution >= 0.6 is 0 Å². The van der Waals surface area contributed by atoms with Crippen LogP contribution in [0, 0.1) is 0 Å². The number of nitrogens with zero attached hydrogens (tertiary/aromatic N) is 2. The van der Waals surface area contributed by atoms with E-state index in [0.29, 0.717) is 11.8 Å². The monoisotopic (exact) mass is 545 g/mol. The van der Waals surface area contributed by atoms with Gasteiger partial charge in [0.05, 0.1) is 5.56 Å². The average molecular weight is 546 g/mol. The summed E-state index contributed by atoms with van der Waals surface area (Å²) in [5.74, 6) is 2.82. The lowest BCUT2D eigenvalue weighted by atomic mass is 9.61. The molecule has 2 aliphatic heterocycles. The molecule has 0 saturated heterocycles. The van der Waals surface area contributed by atoms with E-state index in [2.05, 4.69) is 104 Å². The molecular formula is C39H49N2+. The number of hydrogen-bond acceptors (Lipinski definition) is 1. The van der Waals surface area contributed by atoms with E-state index in [4.69, 9.17) is 0 Å². The Morgan fingerprint density at radius 3 is 1.90 bits per heavy atom. The Balaban J connectivity index is 1.49. The van der Waals surface area contributed by atoms with Gasteiger partial charge in [-0.2, -0.15) is 0 Å². The van der Waals surface area contributed by atoms with Crippen molar-refractivity contribution in [1.29, 1.82) is 0 Å². The van der Waals surface area contributed by atoms with E-state index in [9.17, 15) is 0 Å². The molecule has 2 atom stereocenters. The molecular weight excluding hydrogens is 496 g/mol. The zero-order valence-corrected chi connectivity index (χ0v) is 25.9. The summed E-state index contributed by atoms with van der Waals surface area (Å²) >= 11 is 0. The molecule has 2 aliphatic carbocycles. The summed E-state index contributed by atoms with van der Waals surface area (Å²) in [6.45, 7) is 12.1. The second-order valence-electron chi connectivity index (χ2n) is 13.8. The molecule has 2 fully saturated rings. The lowest BCUT2D eigenvalue weighted by Gasteiger charge is -2.49. The predicted molar refractivity (Wildman–Crippen MR) is 174 cm³/mol. The van der Waals surface area contributed by atoms with Crippen LogP contribution in [0.1, 0.15) is 126 Å². The van der Waals surface area contributed by atoms with Crippen molar-refractivity contribution < 1.29 is 4.58 Å². The van der Waals surface area contributed by atoms with E-state index in [0.717, 1.165) is 25.9 Å². The first-order valence-corrected chi connectivity index (χ1v) is 16.8. The zero-order chi connectivity index (χ0) is 28.2. The predicted octanol–water partition coefficient (Wildman–Crippen LogP) is 9.80. The molecule has 0 spiro atoms. The molecule has 3 aromatic rings. The first-order chi connectivity index (χ1) is 20.0. The van der Waals surface area contributed by atoms with Gasteiger partial charge in [0.1, 0.15) is 24.3 Å². The van der Waals surface area contributed by atoms with Gasteiger partial charge < -0.3 is 0 Å². The van der Waals surface area contributed by atoms with Crippen LogP contribution in [-0.4, -0.2) is 29.0 Å². The first kappa shape index (κ1) is 27.0. The lowest BCUT2D eigenvalue weighted by Crippen LogP contribution is -2.59. The molecule has 0 bridgehead atoms. The van der Waals surface area contributed by atoms with Gasteiger partial charge in [-0.1, -0.05) is 95.0 Å². The van der Waals surface area contributed by atoms with Crippen molar-refractivity contribution in [2.45, 2.75) is 115 Å². The highest BCUT2D eigenvalue weighted by molar-refractivity contribution is 6.10. The van der Waals surface area contributed by atoms with Gasteiger partial charge in [-0.3, -0.25) is 4.58 Å². The zero-order valence-electron chi connectivity index (χ0n) is 25.9. The van der Waals surface area contributed by atoms with Crippen LogP contribution in [0.25, 0.3) is 11.1 Å². The van der Waals surface area contributed by atoms with Gasteiger partial charge in [0.15, 0.2) is 0 Å². The van der Waals surface area contributed by atoms with Crippen LogP contribution in [-0.2, 0) is 5.41 Å². The van der Waals surface area contributed by atoms with Crippen LogP contribution in [0.5, 0.6) is 0 Å². The fraction of sp³-hybridized carbons (Fsp3) is 0.513. The number of anilines is 1. The molecule has 2 heteroatoms. The Kier molecular flexibility index (Phi) is 6.87. The van der Waals surface area contributed by atoms with Gasteiger partial charge in [-0.25, -0.2) is 4.90 Å². The molecule has 41 heavy (non-hydrogen) atoms. The third-order valence-corrected chi connectivity index (χ3v) is 12.1. The summed E-state index contributed by atoms with van der Waals surface area (Å²) < 4.78 is 2.85. The van der Waals surface area contributed by atoms with Gasteiger partial charge in [-0.05, 0) is 92.2 Å². The molecule has 214 valence electrons. The summed E-state index contributed by atoms with van der Waals surface area (Å²) in [5, 5.41) is 0. The maximum atomic E-state index is 2.85. The Morgan fingerprint density at radius 2 is 1.32 bits per heavy atom. The number of hydrogen-bond donors (Lipinski definition) is 0. The molecule has 2 saturated carbocycles. The number of benzene rings is 3. The van der Waals surface area contributed by atoms with Crippen LogP contribution in [0.4, 0.5) is 5.69 Å². The fourth-order valence-corrected chi connectivity index (χ4v) is 9.33. The van der Waals surface area contributed by atoms with Gasteiger partial charge in [0.25, 0.3) is 5.84 Å².